The maximum atomic E-state index is 12.1. The molecular formula is C15H23N3O2. The van der Waals surface area contributed by atoms with E-state index >= 15 is 0 Å². The van der Waals surface area contributed by atoms with Crippen molar-refractivity contribution in [2.45, 2.75) is 25.3 Å². The maximum Gasteiger partial charge on any atom is 0.319 e. The molecule has 0 aliphatic heterocycles. The van der Waals surface area contributed by atoms with Gasteiger partial charge in [-0.25, -0.2) is 4.79 Å². The van der Waals surface area contributed by atoms with Gasteiger partial charge in [-0.15, -0.1) is 0 Å². The number of benzene rings is 1. The molecule has 2 rings (SSSR count). The lowest BCUT2D eigenvalue weighted by Gasteiger charge is -2.29. The summed E-state index contributed by atoms with van der Waals surface area (Å²) in [5.41, 5.74) is 1.17. The number of carbonyl (C=O) groups excluding carboxylic acids is 1. The Balaban J connectivity index is 2.05. The number of amides is 2. The van der Waals surface area contributed by atoms with Gasteiger partial charge in [-0.1, -0.05) is 12.1 Å². The molecule has 1 atom stereocenters. The van der Waals surface area contributed by atoms with Crippen LogP contribution in [0.25, 0.3) is 0 Å². The van der Waals surface area contributed by atoms with Gasteiger partial charge >= 0.3 is 6.03 Å². The molecule has 5 heteroatoms. The van der Waals surface area contributed by atoms with E-state index in [9.17, 15) is 9.90 Å². The van der Waals surface area contributed by atoms with E-state index in [1.807, 2.05) is 50.2 Å². The van der Waals surface area contributed by atoms with Crippen molar-refractivity contribution in [3.63, 3.8) is 0 Å². The van der Waals surface area contributed by atoms with Crippen molar-refractivity contribution in [3.8, 4) is 0 Å². The van der Waals surface area contributed by atoms with Gasteiger partial charge < -0.3 is 20.6 Å². The minimum atomic E-state index is -0.531. The summed E-state index contributed by atoms with van der Waals surface area (Å²) in [6.45, 7) is 1.85. The predicted molar refractivity (Wildman–Crippen MR) is 81.1 cm³/mol. The minimum absolute atomic E-state index is 0.0413. The number of hydrogen-bond acceptors (Lipinski definition) is 3. The predicted octanol–water partition coefficient (Wildman–Crippen LogP) is 2.04. The summed E-state index contributed by atoms with van der Waals surface area (Å²) in [5.74, 6) is 0.377. The number of anilines is 2. The highest BCUT2D eigenvalue weighted by molar-refractivity contribution is 5.93. The zero-order valence-corrected chi connectivity index (χ0v) is 12.3. The summed E-state index contributed by atoms with van der Waals surface area (Å²) < 4.78 is 0. The van der Waals surface area contributed by atoms with Crippen molar-refractivity contribution in [3.05, 3.63) is 24.3 Å². The first-order valence-corrected chi connectivity index (χ1v) is 6.92. The van der Waals surface area contributed by atoms with Crippen LogP contribution in [0.15, 0.2) is 24.3 Å². The van der Waals surface area contributed by atoms with E-state index in [0.717, 1.165) is 24.2 Å². The molecule has 20 heavy (non-hydrogen) atoms. The third-order valence-corrected chi connectivity index (χ3v) is 3.84. The number of nitrogens with zero attached hydrogens (tertiary/aromatic N) is 1. The molecule has 0 spiro atoms. The van der Waals surface area contributed by atoms with Crippen LogP contribution >= 0.6 is 0 Å². The van der Waals surface area contributed by atoms with Gasteiger partial charge in [0, 0.05) is 14.1 Å². The van der Waals surface area contributed by atoms with Gasteiger partial charge in [-0.3, -0.25) is 0 Å². The van der Waals surface area contributed by atoms with E-state index < -0.39 is 5.54 Å². The Morgan fingerprint density at radius 1 is 1.40 bits per heavy atom. The molecule has 1 saturated carbocycles. The van der Waals surface area contributed by atoms with Crippen molar-refractivity contribution in [1.29, 1.82) is 0 Å². The van der Waals surface area contributed by atoms with E-state index in [-0.39, 0.29) is 12.6 Å². The largest absolute Gasteiger partial charge is 0.394 e. The van der Waals surface area contributed by atoms with Crippen LogP contribution in [0.3, 0.4) is 0 Å². The molecule has 2 amide bonds. The zero-order chi connectivity index (χ0) is 14.8. The number of carbonyl (C=O) groups is 1. The zero-order valence-electron chi connectivity index (χ0n) is 12.3. The van der Waals surface area contributed by atoms with Gasteiger partial charge in [0.05, 0.1) is 23.5 Å². The van der Waals surface area contributed by atoms with Crippen LogP contribution in [0.5, 0.6) is 0 Å². The molecule has 1 unspecified atom stereocenters. The van der Waals surface area contributed by atoms with E-state index in [4.69, 9.17) is 0 Å². The molecule has 0 radical (unpaired) electrons. The van der Waals surface area contributed by atoms with E-state index in [1.165, 1.54) is 0 Å². The van der Waals surface area contributed by atoms with E-state index in [0.29, 0.717) is 5.92 Å². The van der Waals surface area contributed by atoms with E-state index in [1.54, 1.807) is 0 Å². The van der Waals surface area contributed by atoms with Crippen molar-refractivity contribution >= 4 is 17.4 Å². The summed E-state index contributed by atoms with van der Waals surface area (Å²) in [5, 5.41) is 15.3. The number of urea groups is 1. The maximum absolute atomic E-state index is 12.1. The molecule has 1 aliphatic carbocycles. The second-order valence-electron chi connectivity index (χ2n) is 5.84. The summed E-state index contributed by atoms with van der Waals surface area (Å²) in [4.78, 5) is 14.1. The van der Waals surface area contributed by atoms with Gasteiger partial charge in [-0.05, 0) is 37.8 Å². The average Bonchev–Trinajstić information content (AvgIpc) is 3.23. The Bertz CT molecular complexity index is 486. The van der Waals surface area contributed by atoms with Crippen molar-refractivity contribution < 1.29 is 9.90 Å². The fourth-order valence-electron chi connectivity index (χ4n) is 2.37. The molecule has 110 valence electrons. The first-order chi connectivity index (χ1) is 9.46. The van der Waals surface area contributed by atoms with Crippen LogP contribution in [0.4, 0.5) is 16.2 Å². The lowest BCUT2D eigenvalue weighted by molar-refractivity contribution is 0.159. The van der Waals surface area contributed by atoms with Crippen LogP contribution in [0.1, 0.15) is 19.8 Å². The number of aliphatic hydroxyl groups excluding tert-OH is 1. The van der Waals surface area contributed by atoms with Crippen LogP contribution in [0, 0.1) is 5.92 Å². The van der Waals surface area contributed by atoms with Gasteiger partial charge in [-0.2, -0.15) is 0 Å². The first kappa shape index (κ1) is 14.7. The number of hydrogen-bond donors (Lipinski definition) is 3. The molecule has 0 saturated heterocycles. The molecular weight excluding hydrogens is 254 g/mol. The Hall–Kier alpha value is -1.75. The third kappa shape index (κ3) is 3.22. The molecule has 1 fully saturated rings. The van der Waals surface area contributed by atoms with Gasteiger partial charge in [0.15, 0.2) is 0 Å². The normalized spacial score (nSPS) is 17.2. The number of nitrogens with one attached hydrogen (secondary N) is 2. The quantitative estimate of drug-likeness (QED) is 0.771. The lowest BCUT2D eigenvalue weighted by atomic mass is 9.97. The van der Waals surface area contributed by atoms with Crippen LogP contribution in [-0.4, -0.2) is 37.4 Å². The molecule has 1 aromatic carbocycles. The molecule has 1 aromatic rings. The molecule has 0 aromatic heterocycles. The number of para-hydroxylation sites is 2. The van der Waals surface area contributed by atoms with Crippen molar-refractivity contribution in [2.24, 2.45) is 5.92 Å². The van der Waals surface area contributed by atoms with Gasteiger partial charge in [0.1, 0.15) is 0 Å². The molecule has 5 nitrogen and oxygen atoms in total. The smallest absolute Gasteiger partial charge is 0.319 e. The number of rotatable bonds is 5. The summed E-state index contributed by atoms with van der Waals surface area (Å²) >= 11 is 0. The average molecular weight is 277 g/mol. The number of aliphatic hydroxyl groups is 1. The fourth-order valence-corrected chi connectivity index (χ4v) is 2.37. The summed E-state index contributed by atoms with van der Waals surface area (Å²) in [6, 6.07) is 7.35. The van der Waals surface area contributed by atoms with Gasteiger partial charge in [0.25, 0.3) is 0 Å². The highest BCUT2D eigenvalue weighted by Crippen LogP contribution is 2.39. The van der Waals surface area contributed by atoms with Crippen LogP contribution in [0.2, 0.25) is 0 Å². The summed E-state index contributed by atoms with van der Waals surface area (Å²) in [7, 11) is 3.86. The van der Waals surface area contributed by atoms with Crippen molar-refractivity contribution in [1.82, 2.24) is 5.32 Å². The van der Waals surface area contributed by atoms with Crippen LogP contribution < -0.4 is 15.5 Å². The Morgan fingerprint density at radius 3 is 2.60 bits per heavy atom. The van der Waals surface area contributed by atoms with Gasteiger partial charge in [0.2, 0.25) is 0 Å². The fraction of sp³-hybridized carbons (Fsp3) is 0.533. The topological polar surface area (TPSA) is 64.6 Å². The molecule has 3 N–H and O–H groups in total. The monoisotopic (exact) mass is 277 g/mol. The third-order valence-electron chi connectivity index (χ3n) is 3.84. The molecule has 0 bridgehead atoms. The van der Waals surface area contributed by atoms with Crippen LogP contribution in [-0.2, 0) is 0 Å². The Morgan fingerprint density at radius 2 is 2.05 bits per heavy atom. The Kier molecular flexibility index (Phi) is 4.18. The SMILES string of the molecule is CN(C)c1ccccc1NC(=O)NC(C)(CO)C1CC1. The molecule has 1 aliphatic rings. The first-order valence-electron chi connectivity index (χ1n) is 6.92. The second-order valence-corrected chi connectivity index (χ2v) is 5.84. The van der Waals surface area contributed by atoms with Crippen molar-refractivity contribution in [2.75, 3.05) is 30.9 Å². The highest BCUT2D eigenvalue weighted by atomic mass is 16.3. The standard InChI is InChI=1S/C15H23N3O2/c1-15(10-19,11-8-9-11)17-14(20)16-12-6-4-5-7-13(12)18(2)3/h4-7,11,19H,8-10H2,1-3H3,(H2,16,17,20). The van der Waals surface area contributed by atoms with E-state index in [2.05, 4.69) is 10.6 Å². The Labute approximate surface area is 120 Å². The highest BCUT2D eigenvalue weighted by Gasteiger charge is 2.42. The summed E-state index contributed by atoms with van der Waals surface area (Å²) in [6.07, 6.45) is 2.12. The second kappa shape index (κ2) is 5.71. The lowest BCUT2D eigenvalue weighted by Crippen LogP contribution is -2.52. The molecule has 0 heterocycles. The minimum Gasteiger partial charge on any atom is -0.394 e.